The van der Waals surface area contributed by atoms with Crippen LogP contribution >= 0.6 is 11.8 Å². The van der Waals surface area contributed by atoms with Gasteiger partial charge in [-0.3, -0.25) is 0 Å². The minimum Gasteiger partial charge on any atom is -0.478 e. The van der Waals surface area contributed by atoms with E-state index >= 15 is 0 Å². The van der Waals surface area contributed by atoms with E-state index in [-0.39, 0.29) is 12.2 Å². The number of aliphatic hydroxyl groups is 1. The van der Waals surface area contributed by atoms with Crippen molar-refractivity contribution < 1.29 is 19.4 Å². The molecule has 3 nitrogen and oxygen atoms in total. The van der Waals surface area contributed by atoms with E-state index in [1.807, 2.05) is 0 Å². The van der Waals surface area contributed by atoms with Crippen LogP contribution in [0.2, 0.25) is 0 Å². The first-order valence-corrected chi connectivity index (χ1v) is 4.91. The molecule has 14 heavy (non-hydrogen) atoms. The number of carbonyl (C=O) groups is 1. The Hall–Kier alpha value is -1.07. The summed E-state index contributed by atoms with van der Waals surface area (Å²) >= 11 is 1.12. The van der Waals surface area contributed by atoms with Crippen LogP contribution in [-0.4, -0.2) is 28.5 Å². The third-order valence-electron chi connectivity index (χ3n) is 1.54. The summed E-state index contributed by atoms with van der Waals surface area (Å²) in [7, 11) is 0. The monoisotopic (exact) mass is 216 g/mol. The molecule has 0 heterocycles. The van der Waals surface area contributed by atoms with Crippen LogP contribution in [0, 0.1) is 5.82 Å². The number of carboxylic acid groups (broad SMARTS) is 1. The van der Waals surface area contributed by atoms with E-state index in [0.29, 0.717) is 10.6 Å². The van der Waals surface area contributed by atoms with Crippen LogP contribution < -0.4 is 0 Å². The van der Waals surface area contributed by atoms with E-state index in [4.69, 9.17) is 10.2 Å². The Morgan fingerprint density at radius 1 is 1.50 bits per heavy atom. The fourth-order valence-electron chi connectivity index (χ4n) is 0.988. The molecule has 0 atom stereocenters. The predicted octanol–water partition coefficient (Wildman–Crippen LogP) is 1.61. The van der Waals surface area contributed by atoms with Crippen molar-refractivity contribution in [3.63, 3.8) is 0 Å². The Bertz CT molecular complexity index is 341. The highest BCUT2D eigenvalue weighted by Crippen LogP contribution is 2.24. The average molecular weight is 216 g/mol. The van der Waals surface area contributed by atoms with Crippen molar-refractivity contribution in [2.45, 2.75) is 4.90 Å². The first-order valence-electron chi connectivity index (χ1n) is 3.92. The molecule has 0 aliphatic carbocycles. The number of thioether (sulfide) groups is 1. The Morgan fingerprint density at radius 2 is 2.21 bits per heavy atom. The van der Waals surface area contributed by atoms with Crippen molar-refractivity contribution >= 4 is 17.7 Å². The molecule has 0 amide bonds. The van der Waals surface area contributed by atoms with Crippen molar-refractivity contribution in [2.75, 3.05) is 12.4 Å². The highest BCUT2D eigenvalue weighted by atomic mass is 32.2. The van der Waals surface area contributed by atoms with Crippen molar-refractivity contribution in [2.24, 2.45) is 0 Å². The van der Waals surface area contributed by atoms with Gasteiger partial charge in [-0.2, -0.15) is 0 Å². The Kier molecular flexibility index (Phi) is 3.91. The molecule has 0 aliphatic heterocycles. The summed E-state index contributed by atoms with van der Waals surface area (Å²) in [5.41, 5.74) is -0.328. The molecule has 0 spiro atoms. The maximum absolute atomic E-state index is 13.1. The topological polar surface area (TPSA) is 57.5 Å². The number of halogens is 1. The van der Waals surface area contributed by atoms with Gasteiger partial charge in [0.1, 0.15) is 11.4 Å². The van der Waals surface area contributed by atoms with Gasteiger partial charge in [0, 0.05) is 10.6 Å². The van der Waals surface area contributed by atoms with Crippen LogP contribution in [0.1, 0.15) is 10.4 Å². The third kappa shape index (κ3) is 2.46. The van der Waals surface area contributed by atoms with Gasteiger partial charge in [0.05, 0.1) is 6.61 Å². The van der Waals surface area contributed by atoms with E-state index in [2.05, 4.69) is 0 Å². The summed E-state index contributed by atoms with van der Waals surface area (Å²) in [6, 6.07) is 4.07. The molecule has 0 fully saturated rings. The molecule has 0 aromatic heterocycles. The molecule has 76 valence electrons. The second-order valence-electron chi connectivity index (χ2n) is 2.49. The van der Waals surface area contributed by atoms with Crippen LogP contribution in [0.15, 0.2) is 23.1 Å². The normalized spacial score (nSPS) is 10.1. The molecule has 0 radical (unpaired) electrons. The van der Waals surface area contributed by atoms with Crippen LogP contribution in [-0.2, 0) is 0 Å². The minimum absolute atomic E-state index is 0.0692. The molecule has 0 aliphatic rings. The summed E-state index contributed by atoms with van der Waals surface area (Å²) in [5.74, 6) is -1.69. The third-order valence-corrected chi connectivity index (χ3v) is 2.58. The number of hydrogen-bond acceptors (Lipinski definition) is 3. The zero-order chi connectivity index (χ0) is 10.6. The van der Waals surface area contributed by atoms with E-state index in [1.54, 1.807) is 0 Å². The van der Waals surface area contributed by atoms with Crippen LogP contribution in [0.5, 0.6) is 0 Å². The zero-order valence-corrected chi connectivity index (χ0v) is 8.05. The van der Waals surface area contributed by atoms with E-state index < -0.39 is 11.8 Å². The molecule has 0 saturated heterocycles. The van der Waals surface area contributed by atoms with Crippen LogP contribution in [0.3, 0.4) is 0 Å². The average Bonchev–Trinajstić information content (AvgIpc) is 2.14. The second kappa shape index (κ2) is 4.97. The Balaban J connectivity index is 3.02. The SMILES string of the molecule is O=C(O)c1c(F)cccc1SCCO. The van der Waals surface area contributed by atoms with Gasteiger partial charge in [0.2, 0.25) is 0 Å². The smallest absolute Gasteiger partial charge is 0.339 e. The van der Waals surface area contributed by atoms with E-state index in [1.165, 1.54) is 12.1 Å². The molecule has 0 saturated carbocycles. The Labute approximate surface area is 84.6 Å². The second-order valence-corrected chi connectivity index (χ2v) is 3.63. The fraction of sp³-hybridized carbons (Fsp3) is 0.222. The van der Waals surface area contributed by atoms with E-state index in [0.717, 1.165) is 17.8 Å². The molecule has 1 rings (SSSR count). The van der Waals surface area contributed by atoms with Gasteiger partial charge in [-0.1, -0.05) is 6.07 Å². The molecule has 0 unspecified atom stereocenters. The quantitative estimate of drug-likeness (QED) is 0.751. The van der Waals surface area contributed by atoms with E-state index in [9.17, 15) is 9.18 Å². The maximum atomic E-state index is 13.1. The number of aliphatic hydroxyl groups excluding tert-OH is 1. The molecule has 2 N–H and O–H groups in total. The minimum atomic E-state index is -1.29. The lowest BCUT2D eigenvalue weighted by Gasteiger charge is -2.04. The Morgan fingerprint density at radius 3 is 2.79 bits per heavy atom. The number of hydrogen-bond donors (Lipinski definition) is 2. The molecular formula is C9H9FO3S. The lowest BCUT2D eigenvalue weighted by Crippen LogP contribution is -2.03. The molecule has 1 aromatic carbocycles. The van der Waals surface area contributed by atoms with Gasteiger partial charge < -0.3 is 10.2 Å². The van der Waals surface area contributed by atoms with Gasteiger partial charge in [-0.25, -0.2) is 9.18 Å². The number of rotatable bonds is 4. The number of carboxylic acids is 1. The van der Waals surface area contributed by atoms with Gasteiger partial charge in [0.25, 0.3) is 0 Å². The summed E-state index contributed by atoms with van der Waals surface area (Å²) in [5, 5.41) is 17.3. The van der Waals surface area contributed by atoms with Crippen molar-refractivity contribution in [1.82, 2.24) is 0 Å². The first-order chi connectivity index (χ1) is 6.66. The molecule has 0 bridgehead atoms. The maximum Gasteiger partial charge on any atom is 0.339 e. The van der Waals surface area contributed by atoms with Crippen molar-refractivity contribution in [1.29, 1.82) is 0 Å². The number of benzene rings is 1. The first kappa shape index (κ1) is 11.0. The standard InChI is InChI=1S/C9H9FO3S/c10-6-2-1-3-7(14-5-4-11)8(6)9(12)13/h1-3,11H,4-5H2,(H,12,13). The van der Waals surface area contributed by atoms with Gasteiger partial charge in [-0.15, -0.1) is 11.8 Å². The van der Waals surface area contributed by atoms with Crippen LogP contribution in [0.4, 0.5) is 4.39 Å². The highest BCUT2D eigenvalue weighted by molar-refractivity contribution is 7.99. The van der Waals surface area contributed by atoms with Gasteiger partial charge in [-0.05, 0) is 12.1 Å². The van der Waals surface area contributed by atoms with Crippen molar-refractivity contribution in [3.05, 3.63) is 29.6 Å². The van der Waals surface area contributed by atoms with Crippen LogP contribution in [0.25, 0.3) is 0 Å². The fourth-order valence-corrected chi connectivity index (χ4v) is 1.80. The molecule has 5 heteroatoms. The lowest BCUT2D eigenvalue weighted by molar-refractivity contribution is 0.0688. The molecular weight excluding hydrogens is 207 g/mol. The number of aromatic carboxylic acids is 1. The predicted molar refractivity (Wildman–Crippen MR) is 51.2 cm³/mol. The van der Waals surface area contributed by atoms with Gasteiger partial charge in [0.15, 0.2) is 0 Å². The summed E-state index contributed by atoms with van der Waals surface area (Å²) < 4.78 is 13.1. The largest absolute Gasteiger partial charge is 0.478 e. The molecule has 1 aromatic rings. The van der Waals surface area contributed by atoms with Crippen molar-refractivity contribution in [3.8, 4) is 0 Å². The van der Waals surface area contributed by atoms with Gasteiger partial charge >= 0.3 is 5.97 Å². The zero-order valence-electron chi connectivity index (χ0n) is 7.24. The summed E-state index contributed by atoms with van der Waals surface area (Å²) in [6.45, 7) is -0.0692. The summed E-state index contributed by atoms with van der Waals surface area (Å²) in [6.07, 6.45) is 0. The highest BCUT2D eigenvalue weighted by Gasteiger charge is 2.15. The summed E-state index contributed by atoms with van der Waals surface area (Å²) in [4.78, 5) is 11.0. The lowest BCUT2D eigenvalue weighted by atomic mass is 10.2.